The van der Waals surface area contributed by atoms with Gasteiger partial charge in [0, 0.05) is 0 Å². The van der Waals surface area contributed by atoms with Crippen molar-refractivity contribution in [1.82, 2.24) is 0 Å². The summed E-state index contributed by atoms with van der Waals surface area (Å²) < 4.78 is 5.36. The third kappa shape index (κ3) is 2.14. The van der Waals surface area contributed by atoms with Crippen molar-refractivity contribution in [2.75, 3.05) is 13.2 Å². The van der Waals surface area contributed by atoms with Crippen LogP contribution >= 0.6 is 0 Å². The second-order valence-electron chi connectivity index (χ2n) is 4.58. The van der Waals surface area contributed by atoms with Crippen molar-refractivity contribution >= 4 is 0 Å². The summed E-state index contributed by atoms with van der Waals surface area (Å²) in [5.74, 6) is 0.858. The number of hydrogen-bond acceptors (Lipinski definition) is 3. The van der Waals surface area contributed by atoms with E-state index < -0.39 is 0 Å². The Balaban J connectivity index is 2.17. The molecular weight excluding hydrogens is 202 g/mol. The van der Waals surface area contributed by atoms with E-state index >= 15 is 0 Å². The van der Waals surface area contributed by atoms with Gasteiger partial charge in [0.2, 0.25) is 0 Å². The van der Waals surface area contributed by atoms with Crippen molar-refractivity contribution in [3.63, 3.8) is 0 Å². The Bertz CT molecular complexity index is 372. The molecule has 3 nitrogen and oxygen atoms in total. The van der Waals surface area contributed by atoms with Gasteiger partial charge in [-0.2, -0.15) is 0 Å². The summed E-state index contributed by atoms with van der Waals surface area (Å²) in [6.45, 7) is 3.18. The average Bonchev–Trinajstić information content (AvgIpc) is 3.05. The van der Waals surface area contributed by atoms with Crippen LogP contribution in [0.2, 0.25) is 0 Å². The van der Waals surface area contributed by atoms with Crippen LogP contribution in [0.4, 0.5) is 0 Å². The van der Waals surface area contributed by atoms with Gasteiger partial charge in [-0.05, 0) is 49.8 Å². The normalized spacial score (nSPS) is 17.1. The van der Waals surface area contributed by atoms with E-state index in [1.807, 2.05) is 19.1 Å². The third-order valence-electron chi connectivity index (χ3n) is 3.34. The molecule has 0 bridgehead atoms. The molecule has 0 unspecified atom stereocenters. The van der Waals surface area contributed by atoms with Gasteiger partial charge >= 0.3 is 0 Å². The molecular formula is C13H19NO2. The Morgan fingerprint density at radius 3 is 2.75 bits per heavy atom. The topological polar surface area (TPSA) is 55.5 Å². The SMILES string of the molecule is CCOc1cccc(CC2(CN)CC2)c1O. The standard InChI is InChI=1S/C13H19NO2/c1-2-16-11-5-3-4-10(12(11)15)8-13(9-14)6-7-13/h3-5,15H,2,6-9,14H2,1H3. The summed E-state index contributed by atoms with van der Waals surface area (Å²) >= 11 is 0. The van der Waals surface area contributed by atoms with Gasteiger partial charge in [-0.15, -0.1) is 0 Å². The van der Waals surface area contributed by atoms with Crippen LogP contribution in [0.5, 0.6) is 11.5 Å². The predicted octanol–water partition coefficient (Wildman–Crippen LogP) is 2.07. The quantitative estimate of drug-likeness (QED) is 0.800. The van der Waals surface area contributed by atoms with Crippen LogP contribution in [0.15, 0.2) is 18.2 Å². The molecule has 0 saturated heterocycles. The lowest BCUT2D eigenvalue weighted by Gasteiger charge is -2.15. The van der Waals surface area contributed by atoms with Crippen molar-refractivity contribution in [3.05, 3.63) is 23.8 Å². The lowest BCUT2D eigenvalue weighted by molar-refractivity contribution is 0.315. The molecule has 0 radical (unpaired) electrons. The van der Waals surface area contributed by atoms with Crippen LogP contribution < -0.4 is 10.5 Å². The van der Waals surface area contributed by atoms with Gasteiger partial charge in [0.1, 0.15) is 0 Å². The summed E-state index contributed by atoms with van der Waals surface area (Å²) in [6.07, 6.45) is 3.19. The highest BCUT2D eigenvalue weighted by molar-refractivity contribution is 5.46. The van der Waals surface area contributed by atoms with Crippen molar-refractivity contribution < 1.29 is 9.84 Å². The van der Waals surface area contributed by atoms with Crippen LogP contribution in [-0.4, -0.2) is 18.3 Å². The molecule has 1 aliphatic carbocycles. The van der Waals surface area contributed by atoms with Gasteiger partial charge in [-0.25, -0.2) is 0 Å². The van der Waals surface area contributed by atoms with E-state index in [9.17, 15) is 5.11 Å². The second-order valence-corrected chi connectivity index (χ2v) is 4.58. The summed E-state index contributed by atoms with van der Waals surface area (Å²) in [4.78, 5) is 0. The van der Waals surface area contributed by atoms with Crippen molar-refractivity contribution in [3.8, 4) is 11.5 Å². The molecule has 0 aliphatic heterocycles. The van der Waals surface area contributed by atoms with Crippen molar-refractivity contribution in [2.24, 2.45) is 11.1 Å². The molecule has 16 heavy (non-hydrogen) atoms. The summed E-state index contributed by atoms with van der Waals surface area (Å²) in [5, 5.41) is 10.0. The van der Waals surface area contributed by atoms with Gasteiger partial charge in [0.05, 0.1) is 6.61 Å². The number of phenols is 1. The Hall–Kier alpha value is -1.22. The van der Waals surface area contributed by atoms with Crippen LogP contribution in [0.25, 0.3) is 0 Å². The minimum absolute atomic E-state index is 0.238. The monoisotopic (exact) mass is 221 g/mol. The molecule has 0 atom stereocenters. The fourth-order valence-corrected chi connectivity index (χ4v) is 2.02. The molecule has 88 valence electrons. The first-order valence-electron chi connectivity index (χ1n) is 5.84. The molecule has 1 aromatic rings. The van der Waals surface area contributed by atoms with Crippen molar-refractivity contribution in [1.29, 1.82) is 0 Å². The first-order valence-corrected chi connectivity index (χ1v) is 5.84. The van der Waals surface area contributed by atoms with Crippen molar-refractivity contribution in [2.45, 2.75) is 26.2 Å². The third-order valence-corrected chi connectivity index (χ3v) is 3.34. The number of hydrogen-bond donors (Lipinski definition) is 2. The summed E-state index contributed by atoms with van der Waals surface area (Å²) in [5.41, 5.74) is 6.94. The number of para-hydroxylation sites is 1. The number of rotatable bonds is 5. The van der Waals surface area contributed by atoms with Gasteiger partial charge in [0.25, 0.3) is 0 Å². The van der Waals surface area contributed by atoms with Crippen LogP contribution in [0.3, 0.4) is 0 Å². The van der Waals surface area contributed by atoms with Gasteiger partial charge in [-0.3, -0.25) is 0 Å². The van der Waals surface area contributed by atoms with E-state index in [-0.39, 0.29) is 11.2 Å². The highest BCUT2D eigenvalue weighted by atomic mass is 16.5. The molecule has 1 aromatic carbocycles. The highest BCUT2D eigenvalue weighted by Gasteiger charge is 2.41. The molecule has 0 amide bonds. The van der Waals surface area contributed by atoms with Gasteiger partial charge in [-0.1, -0.05) is 12.1 Å². The Morgan fingerprint density at radius 2 is 2.19 bits per heavy atom. The largest absolute Gasteiger partial charge is 0.504 e. The molecule has 1 fully saturated rings. The Morgan fingerprint density at radius 1 is 1.44 bits per heavy atom. The zero-order valence-corrected chi connectivity index (χ0v) is 9.70. The van der Waals surface area contributed by atoms with E-state index in [0.29, 0.717) is 18.9 Å². The van der Waals surface area contributed by atoms with Crippen LogP contribution in [-0.2, 0) is 6.42 Å². The predicted molar refractivity (Wildman–Crippen MR) is 63.7 cm³/mol. The van der Waals surface area contributed by atoms with E-state index in [0.717, 1.165) is 12.0 Å². The molecule has 3 heteroatoms. The summed E-state index contributed by atoms with van der Waals surface area (Å²) in [6, 6.07) is 5.67. The zero-order valence-electron chi connectivity index (χ0n) is 9.70. The summed E-state index contributed by atoms with van der Waals surface area (Å²) in [7, 11) is 0. The van der Waals surface area contributed by atoms with E-state index in [4.69, 9.17) is 10.5 Å². The first-order chi connectivity index (χ1) is 7.71. The maximum atomic E-state index is 10.0. The highest BCUT2D eigenvalue weighted by Crippen LogP contribution is 2.49. The number of nitrogens with two attached hydrogens (primary N) is 1. The second kappa shape index (κ2) is 4.34. The lowest BCUT2D eigenvalue weighted by Crippen LogP contribution is -2.18. The minimum Gasteiger partial charge on any atom is -0.504 e. The Labute approximate surface area is 96.2 Å². The fraction of sp³-hybridized carbons (Fsp3) is 0.538. The maximum Gasteiger partial charge on any atom is 0.161 e. The Kier molecular flexibility index (Phi) is 3.06. The van der Waals surface area contributed by atoms with E-state index in [2.05, 4.69) is 0 Å². The smallest absolute Gasteiger partial charge is 0.161 e. The van der Waals surface area contributed by atoms with Gasteiger partial charge < -0.3 is 15.6 Å². The molecule has 0 spiro atoms. The van der Waals surface area contributed by atoms with Crippen LogP contribution in [0, 0.1) is 5.41 Å². The van der Waals surface area contributed by atoms with Gasteiger partial charge in [0.15, 0.2) is 11.5 Å². The minimum atomic E-state index is 0.238. The molecule has 0 heterocycles. The molecule has 3 N–H and O–H groups in total. The lowest BCUT2D eigenvalue weighted by atomic mass is 9.96. The maximum absolute atomic E-state index is 10.0. The number of benzene rings is 1. The van der Waals surface area contributed by atoms with E-state index in [1.54, 1.807) is 6.07 Å². The molecule has 0 aromatic heterocycles. The number of ether oxygens (including phenoxy) is 1. The van der Waals surface area contributed by atoms with Crippen LogP contribution in [0.1, 0.15) is 25.3 Å². The first kappa shape index (κ1) is 11.3. The molecule has 1 saturated carbocycles. The number of aromatic hydroxyl groups is 1. The number of phenolic OH excluding ortho intramolecular Hbond substituents is 1. The zero-order chi connectivity index (χ0) is 11.6. The fourth-order valence-electron chi connectivity index (χ4n) is 2.02. The molecule has 2 rings (SSSR count). The van der Waals surface area contributed by atoms with E-state index in [1.165, 1.54) is 12.8 Å². The molecule has 1 aliphatic rings. The average molecular weight is 221 g/mol.